The van der Waals surface area contributed by atoms with Crippen LogP contribution in [0.4, 0.5) is 0 Å². The van der Waals surface area contributed by atoms with Crippen molar-refractivity contribution in [1.82, 2.24) is 5.32 Å². The Morgan fingerprint density at radius 2 is 2.24 bits per heavy atom. The van der Waals surface area contributed by atoms with E-state index in [0.717, 1.165) is 43.4 Å². The minimum absolute atomic E-state index is 0.0984. The van der Waals surface area contributed by atoms with E-state index in [1.54, 1.807) is 7.11 Å². The van der Waals surface area contributed by atoms with Gasteiger partial charge in [0.15, 0.2) is 0 Å². The summed E-state index contributed by atoms with van der Waals surface area (Å²) in [7, 11) is 1.68. The molecule has 0 heterocycles. The average Bonchev–Trinajstić information content (AvgIpc) is 2.48. The largest absolute Gasteiger partial charge is 0.496 e. The molecular weight excluding hydrogens is 264 g/mol. The number of benzene rings is 1. The van der Waals surface area contributed by atoms with Crippen molar-refractivity contribution in [2.45, 2.75) is 45.1 Å². The van der Waals surface area contributed by atoms with E-state index in [1.807, 2.05) is 13.0 Å². The maximum atomic E-state index is 12.1. The summed E-state index contributed by atoms with van der Waals surface area (Å²) in [6, 6.07) is 6.37. The van der Waals surface area contributed by atoms with Gasteiger partial charge in [0.05, 0.1) is 7.11 Å². The molecule has 1 aromatic carbocycles. The van der Waals surface area contributed by atoms with Crippen LogP contribution in [0.25, 0.3) is 0 Å². The molecule has 1 amide bonds. The van der Waals surface area contributed by atoms with E-state index in [-0.39, 0.29) is 17.9 Å². The second-order valence-corrected chi connectivity index (χ2v) is 5.97. The fourth-order valence-electron chi connectivity index (χ4n) is 2.96. The molecule has 4 nitrogen and oxygen atoms in total. The highest BCUT2D eigenvalue weighted by Gasteiger charge is 2.24. The third kappa shape index (κ3) is 4.46. The highest BCUT2D eigenvalue weighted by molar-refractivity contribution is 5.78. The average molecular weight is 290 g/mol. The molecule has 0 bridgehead atoms. The van der Waals surface area contributed by atoms with Crippen molar-refractivity contribution in [2.75, 3.05) is 13.7 Å². The Hall–Kier alpha value is -1.55. The first-order valence-corrected chi connectivity index (χ1v) is 7.77. The summed E-state index contributed by atoms with van der Waals surface area (Å²) in [6.07, 6.45) is 4.73. The molecule has 0 saturated heterocycles. The number of aryl methyl sites for hydroxylation is 1. The summed E-state index contributed by atoms with van der Waals surface area (Å²) < 4.78 is 5.32. The molecular formula is C17H26N2O2. The molecule has 21 heavy (non-hydrogen) atoms. The number of methoxy groups -OCH3 is 1. The Balaban J connectivity index is 1.79. The maximum Gasteiger partial charge on any atom is 0.223 e. The molecule has 0 radical (unpaired) electrons. The van der Waals surface area contributed by atoms with Crippen LogP contribution in [0.15, 0.2) is 18.2 Å². The summed E-state index contributed by atoms with van der Waals surface area (Å²) in [5.74, 6) is 1.16. The number of ether oxygens (including phenoxy) is 1. The predicted octanol–water partition coefficient (Wildman–Crippen LogP) is 2.18. The molecule has 2 rings (SSSR count). The van der Waals surface area contributed by atoms with E-state index >= 15 is 0 Å². The quantitative estimate of drug-likeness (QED) is 0.873. The highest BCUT2D eigenvalue weighted by atomic mass is 16.5. The number of carbonyl (C=O) groups excluding carboxylic acids is 1. The molecule has 0 spiro atoms. The van der Waals surface area contributed by atoms with Crippen molar-refractivity contribution in [3.8, 4) is 5.75 Å². The molecule has 2 atom stereocenters. The van der Waals surface area contributed by atoms with Crippen LogP contribution in [0.3, 0.4) is 0 Å². The fraction of sp³-hybridized carbons (Fsp3) is 0.588. The third-order valence-electron chi connectivity index (χ3n) is 4.27. The summed E-state index contributed by atoms with van der Waals surface area (Å²) in [6.45, 7) is 2.69. The molecule has 1 aromatic rings. The summed E-state index contributed by atoms with van der Waals surface area (Å²) in [4.78, 5) is 12.1. The standard InChI is InChI=1S/C17H26N2O2/c1-12-6-7-13(10-16(12)21-2)8-9-19-17(20)14-4-3-5-15(18)11-14/h6-7,10,14-15H,3-5,8-9,11,18H2,1-2H3,(H,19,20). The van der Waals surface area contributed by atoms with Gasteiger partial charge in [0.1, 0.15) is 5.75 Å². The minimum Gasteiger partial charge on any atom is -0.496 e. The summed E-state index contributed by atoms with van der Waals surface area (Å²) in [5, 5.41) is 3.04. The van der Waals surface area contributed by atoms with Crippen molar-refractivity contribution in [1.29, 1.82) is 0 Å². The zero-order valence-electron chi connectivity index (χ0n) is 13.0. The molecule has 0 aliphatic heterocycles. The number of nitrogens with two attached hydrogens (primary N) is 1. The lowest BCUT2D eigenvalue weighted by atomic mass is 9.85. The van der Waals surface area contributed by atoms with Crippen molar-refractivity contribution in [2.24, 2.45) is 11.7 Å². The molecule has 4 heteroatoms. The summed E-state index contributed by atoms with van der Waals surface area (Å²) >= 11 is 0. The van der Waals surface area contributed by atoms with E-state index < -0.39 is 0 Å². The molecule has 3 N–H and O–H groups in total. The highest BCUT2D eigenvalue weighted by Crippen LogP contribution is 2.23. The van der Waals surface area contributed by atoms with Crippen LogP contribution < -0.4 is 15.8 Å². The molecule has 1 saturated carbocycles. The van der Waals surface area contributed by atoms with Crippen LogP contribution in [0.2, 0.25) is 0 Å². The smallest absolute Gasteiger partial charge is 0.223 e. The van der Waals surface area contributed by atoms with Gasteiger partial charge in [0.25, 0.3) is 0 Å². The monoisotopic (exact) mass is 290 g/mol. The molecule has 1 aliphatic rings. The number of hydrogen-bond acceptors (Lipinski definition) is 3. The molecule has 1 aliphatic carbocycles. The van der Waals surface area contributed by atoms with Gasteiger partial charge < -0.3 is 15.8 Å². The van der Waals surface area contributed by atoms with Gasteiger partial charge in [-0.1, -0.05) is 18.6 Å². The maximum absolute atomic E-state index is 12.1. The second kappa shape index (κ2) is 7.46. The normalized spacial score (nSPS) is 21.9. The van der Waals surface area contributed by atoms with Crippen LogP contribution in [-0.4, -0.2) is 25.6 Å². The SMILES string of the molecule is COc1cc(CCNC(=O)C2CCCC(N)C2)ccc1C. The van der Waals surface area contributed by atoms with Crippen LogP contribution in [-0.2, 0) is 11.2 Å². The van der Waals surface area contributed by atoms with Gasteiger partial charge in [0.2, 0.25) is 5.91 Å². The number of rotatable bonds is 5. The lowest BCUT2D eigenvalue weighted by molar-refractivity contribution is -0.126. The van der Waals surface area contributed by atoms with Crippen molar-refractivity contribution in [3.63, 3.8) is 0 Å². The Bertz CT molecular complexity index is 488. The zero-order chi connectivity index (χ0) is 15.2. The van der Waals surface area contributed by atoms with Gasteiger partial charge in [-0.05, 0) is 49.8 Å². The van der Waals surface area contributed by atoms with Crippen LogP contribution in [0.1, 0.15) is 36.8 Å². The number of nitrogens with one attached hydrogen (secondary N) is 1. The first kappa shape index (κ1) is 15.8. The van der Waals surface area contributed by atoms with Crippen LogP contribution in [0.5, 0.6) is 5.75 Å². The van der Waals surface area contributed by atoms with E-state index in [1.165, 1.54) is 5.56 Å². The first-order valence-electron chi connectivity index (χ1n) is 7.77. The van der Waals surface area contributed by atoms with Gasteiger partial charge in [-0.2, -0.15) is 0 Å². The van der Waals surface area contributed by atoms with Gasteiger partial charge >= 0.3 is 0 Å². The number of amides is 1. The van der Waals surface area contributed by atoms with E-state index in [0.29, 0.717) is 6.54 Å². The van der Waals surface area contributed by atoms with Crippen LogP contribution >= 0.6 is 0 Å². The zero-order valence-corrected chi connectivity index (χ0v) is 13.0. The lowest BCUT2D eigenvalue weighted by Gasteiger charge is -2.25. The summed E-state index contributed by atoms with van der Waals surface area (Å²) in [5.41, 5.74) is 8.24. The minimum atomic E-state index is 0.0984. The number of hydrogen-bond donors (Lipinski definition) is 2. The second-order valence-electron chi connectivity index (χ2n) is 5.97. The first-order chi connectivity index (χ1) is 10.1. The molecule has 0 aromatic heterocycles. The Morgan fingerprint density at radius 1 is 1.43 bits per heavy atom. The van der Waals surface area contributed by atoms with E-state index in [4.69, 9.17) is 10.5 Å². The van der Waals surface area contributed by atoms with Crippen molar-refractivity contribution in [3.05, 3.63) is 29.3 Å². The van der Waals surface area contributed by atoms with Crippen molar-refractivity contribution >= 4 is 5.91 Å². The van der Waals surface area contributed by atoms with E-state index in [2.05, 4.69) is 17.4 Å². The third-order valence-corrected chi connectivity index (χ3v) is 4.27. The Labute approximate surface area is 127 Å². The topological polar surface area (TPSA) is 64.3 Å². The number of carbonyl (C=O) groups is 1. The molecule has 1 fully saturated rings. The van der Waals surface area contributed by atoms with Gasteiger partial charge in [0, 0.05) is 18.5 Å². The lowest BCUT2D eigenvalue weighted by Crippen LogP contribution is -2.38. The fourth-order valence-corrected chi connectivity index (χ4v) is 2.96. The Morgan fingerprint density at radius 3 is 2.95 bits per heavy atom. The van der Waals surface area contributed by atoms with Gasteiger partial charge in [-0.3, -0.25) is 4.79 Å². The molecule has 116 valence electrons. The molecule has 2 unspecified atom stereocenters. The predicted molar refractivity (Wildman–Crippen MR) is 84.4 cm³/mol. The van der Waals surface area contributed by atoms with Gasteiger partial charge in [-0.25, -0.2) is 0 Å². The van der Waals surface area contributed by atoms with Crippen LogP contribution in [0, 0.1) is 12.8 Å². The van der Waals surface area contributed by atoms with Gasteiger partial charge in [-0.15, -0.1) is 0 Å². The Kier molecular flexibility index (Phi) is 5.62. The van der Waals surface area contributed by atoms with Crippen molar-refractivity contribution < 1.29 is 9.53 Å². The van der Waals surface area contributed by atoms with E-state index in [9.17, 15) is 4.79 Å².